The molecule has 1 saturated heterocycles. The van der Waals surface area contributed by atoms with Gasteiger partial charge >= 0.3 is 0 Å². The first-order valence-corrected chi connectivity index (χ1v) is 5.85. The van der Waals surface area contributed by atoms with E-state index in [2.05, 4.69) is 15.3 Å². The lowest BCUT2D eigenvalue weighted by molar-refractivity contribution is -0.130. The number of aromatic nitrogens is 2. The van der Waals surface area contributed by atoms with E-state index >= 15 is 0 Å². The summed E-state index contributed by atoms with van der Waals surface area (Å²) in [4.78, 5) is 21.6. The van der Waals surface area contributed by atoms with E-state index in [0.717, 1.165) is 25.9 Å². The molecule has 1 aromatic heterocycles. The first kappa shape index (κ1) is 11.6. The number of hydrogen-bond acceptors (Lipinski definition) is 5. The highest BCUT2D eigenvalue weighted by atomic mass is 16.2. The van der Waals surface area contributed by atoms with Gasteiger partial charge in [-0.3, -0.25) is 4.79 Å². The van der Waals surface area contributed by atoms with E-state index in [0.29, 0.717) is 11.6 Å². The Labute approximate surface area is 100 Å². The van der Waals surface area contributed by atoms with E-state index in [1.54, 1.807) is 0 Å². The predicted molar refractivity (Wildman–Crippen MR) is 65.4 cm³/mol. The number of amides is 1. The first-order valence-electron chi connectivity index (χ1n) is 5.85. The van der Waals surface area contributed by atoms with Gasteiger partial charge in [0, 0.05) is 13.1 Å². The number of nitrogen functional groups attached to an aromatic ring is 1. The first-order chi connectivity index (χ1) is 8.25. The molecule has 1 fully saturated rings. The average Bonchev–Trinajstić information content (AvgIpc) is 2.39. The standard InChI is InChI=1S/C11H17N5O/c12-9-6-14-10(7-13-9)15-8-11(17)16-4-2-1-3-5-16/h6-7H,1-5,8H2,(H2,12,13)(H,14,15). The fourth-order valence-corrected chi connectivity index (χ4v) is 1.85. The second-order valence-electron chi connectivity index (χ2n) is 4.12. The maximum absolute atomic E-state index is 11.8. The number of rotatable bonds is 3. The van der Waals surface area contributed by atoms with E-state index < -0.39 is 0 Å². The fraction of sp³-hybridized carbons (Fsp3) is 0.545. The number of carbonyl (C=O) groups is 1. The Balaban J connectivity index is 1.81. The van der Waals surface area contributed by atoms with Crippen LogP contribution < -0.4 is 11.1 Å². The highest BCUT2D eigenvalue weighted by Gasteiger charge is 2.15. The molecule has 92 valence electrons. The van der Waals surface area contributed by atoms with Crippen molar-refractivity contribution < 1.29 is 4.79 Å². The van der Waals surface area contributed by atoms with Crippen LogP contribution in [0.1, 0.15) is 19.3 Å². The molecule has 1 aliphatic rings. The van der Waals surface area contributed by atoms with E-state index in [9.17, 15) is 4.79 Å². The van der Waals surface area contributed by atoms with Gasteiger partial charge in [-0.05, 0) is 19.3 Å². The Morgan fingerprint density at radius 2 is 2.06 bits per heavy atom. The summed E-state index contributed by atoms with van der Waals surface area (Å²) in [5.74, 6) is 1.06. The van der Waals surface area contributed by atoms with E-state index in [1.807, 2.05) is 4.90 Å². The summed E-state index contributed by atoms with van der Waals surface area (Å²) in [6.07, 6.45) is 6.42. The topological polar surface area (TPSA) is 84.1 Å². The minimum absolute atomic E-state index is 0.114. The molecule has 6 heteroatoms. The third-order valence-electron chi connectivity index (χ3n) is 2.80. The number of likely N-dealkylation sites (tertiary alicyclic amines) is 1. The number of carbonyl (C=O) groups excluding carboxylic acids is 1. The van der Waals surface area contributed by atoms with Gasteiger partial charge in [-0.25, -0.2) is 9.97 Å². The number of piperidine rings is 1. The number of hydrogen-bond donors (Lipinski definition) is 2. The quantitative estimate of drug-likeness (QED) is 0.796. The Morgan fingerprint density at radius 1 is 1.29 bits per heavy atom. The lowest BCUT2D eigenvalue weighted by Gasteiger charge is -2.26. The summed E-state index contributed by atoms with van der Waals surface area (Å²) >= 11 is 0. The van der Waals surface area contributed by atoms with E-state index in [-0.39, 0.29) is 12.5 Å². The summed E-state index contributed by atoms with van der Waals surface area (Å²) in [5.41, 5.74) is 5.42. The van der Waals surface area contributed by atoms with Crippen molar-refractivity contribution in [3.8, 4) is 0 Å². The van der Waals surface area contributed by atoms with Crippen LogP contribution in [0.4, 0.5) is 11.6 Å². The zero-order valence-electron chi connectivity index (χ0n) is 9.72. The molecule has 2 heterocycles. The minimum Gasteiger partial charge on any atom is -0.382 e. The third-order valence-corrected chi connectivity index (χ3v) is 2.80. The fourth-order valence-electron chi connectivity index (χ4n) is 1.85. The molecule has 1 amide bonds. The highest BCUT2D eigenvalue weighted by molar-refractivity contribution is 5.80. The van der Waals surface area contributed by atoms with Crippen LogP contribution in [0.5, 0.6) is 0 Å². The van der Waals surface area contributed by atoms with Gasteiger partial charge in [0.2, 0.25) is 5.91 Å². The number of nitrogens with one attached hydrogen (secondary N) is 1. The van der Waals surface area contributed by atoms with Crippen LogP contribution in [0.2, 0.25) is 0 Å². The van der Waals surface area contributed by atoms with Gasteiger partial charge in [-0.15, -0.1) is 0 Å². The zero-order chi connectivity index (χ0) is 12.1. The van der Waals surface area contributed by atoms with Gasteiger partial charge in [-0.1, -0.05) is 0 Å². The molecule has 1 aromatic rings. The van der Waals surface area contributed by atoms with Gasteiger partial charge < -0.3 is 16.0 Å². The number of nitrogens with zero attached hydrogens (tertiary/aromatic N) is 3. The lowest BCUT2D eigenvalue weighted by atomic mass is 10.1. The minimum atomic E-state index is 0.114. The highest BCUT2D eigenvalue weighted by Crippen LogP contribution is 2.09. The maximum Gasteiger partial charge on any atom is 0.241 e. The summed E-state index contributed by atoms with van der Waals surface area (Å²) in [7, 11) is 0. The predicted octanol–water partition coefficient (Wildman–Crippen LogP) is 0.483. The smallest absolute Gasteiger partial charge is 0.241 e. The largest absolute Gasteiger partial charge is 0.382 e. The lowest BCUT2D eigenvalue weighted by Crippen LogP contribution is -2.39. The Morgan fingerprint density at radius 3 is 2.71 bits per heavy atom. The molecule has 6 nitrogen and oxygen atoms in total. The normalized spacial score (nSPS) is 15.6. The molecule has 0 atom stereocenters. The van der Waals surface area contributed by atoms with Crippen molar-refractivity contribution in [3.05, 3.63) is 12.4 Å². The molecular weight excluding hydrogens is 218 g/mol. The Kier molecular flexibility index (Phi) is 3.74. The average molecular weight is 235 g/mol. The molecule has 0 radical (unpaired) electrons. The van der Waals surface area contributed by atoms with Crippen molar-refractivity contribution in [2.24, 2.45) is 0 Å². The Hall–Kier alpha value is -1.85. The van der Waals surface area contributed by atoms with Crippen LogP contribution in [-0.2, 0) is 4.79 Å². The van der Waals surface area contributed by atoms with Crippen molar-refractivity contribution in [1.82, 2.24) is 14.9 Å². The van der Waals surface area contributed by atoms with Crippen molar-refractivity contribution in [1.29, 1.82) is 0 Å². The Bertz CT molecular complexity index is 372. The van der Waals surface area contributed by atoms with Crippen LogP contribution in [0.3, 0.4) is 0 Å². The monoisotopic (exact) mass is 235 g/mol. The van der Waals surface area contributed by atoms with E-state index in [4.69, 9.17) is 5.73 Å². The molecule has 3 N–H and O–H groups in total. The molecule has 0 aliphatic carbocycles. The van der Waals surface area contributed by atoms with Gasteiger partial charge in [0.1, 0.15) is 11.6 Å². The van der Waals surface area contributed by atoms with Crippen molar-refractivity contribution in [2.45, 2.75) is 19.3 Å². The molecule has 1 aliphatic heterocycles. The van der Waals surface area contributed by atoms with Gasteiger partial charge in [0.25, 0.3) is 0 Å². The molecule has 2 rings (SSSR count). The SMILES string of the molecule is Nc1cnc(NCC(=O)N2CCCCC2)cn1. The second-order valence-corrected chi connectivity index (χ2v) is 4.12. The van der Waals surface area contributed by atoms with Crippen LogP contribution in [0.15, 0.2) is 12.4 Å². The molecule has 17 heavy (non-hydrogen) atoms. The second kappa shape index (κ2) is 5.47. The van der Waals surface area contributed by atoms with Gasteiger partial charge in [-0.2, -0.15) is 0 Å². The summed E-state index contributed by atoms with van der Waals surface area (Å²) in [6, 6.07) is 0. The van der Waals surface area contributed by atoms with Crippen LogP contribution in [-0.4, -0.2) is 40.4 Å². The van der Waals surface area contributed by atoms with Crippen LogP contribution >= 0.6 is 0 Å². The van der Waals surface area contributed by atoms with Crippen LogP contribution in [0.25, 0.3) is 0 Å². The van der Waals surface area contributed by atoms with Crippen molar-refractivity contribution in [2.75, 3.05) is 30.7 Å². The summed E-state index contributed by atoms with van der Waals surface area (Å²) in [6.45, 7) is 2.00. The van der Waals surface area contributed by atoms with Crippen molar-refractivity contribution >= 4 is 17.5 Å². The van der Waals surface area contributed by atoms with E-state index in [1.165, 1.54) is 18.8 Å². The van der Waals surface area contributed by atoms with Gasteiger partial charge in [0.05, 0.1) is 18.9 Å². The molecule has 0 unspecified atom stereocenters. The molecule has 0 bridgehead atoms. The summed E-state index contributed by atoms with van der Waals surface area (Å²) in [5, 5.41) is 2.95. The zero-order valence-corrected chi connectivity index (χ0v) is 9.72. The number of nitrogens with two attached hydrogens (primary N) is 1. The molecule has 0 spiro atoms. The van der Waals surface area contributed by atoms with Crippen molar-refractivity contribution in [3.63, 3.8) is 0 Å². The third kappa shape index (κ3) is 3.30. The molecule has 0 saturated carbocycles. The van der Waals surface area contributed by atoms with Crippen LogP contribution in [0, 0.1) is 0 Å². The van der Waals surface area contributed by atoms with Gasteiger partial charge in [0.15, 0.2) is 0 Å². The maximum atomic E-state index is 11.8. The summed E-state index contributed by atoms with van der Waals surface area (Å²) < 4.78 is 0. The molecule has 0 aromatic carbocycles. The number of anilines is 2. The molecular formula is C11H17N5O.